The Morgan fingerprint density at radius 1 is 1.16 bits per heavy atom. The molecule has 10 nitrogen and oxygen atoms in total. The van der Waals surface area contributed by atoms with Gasteiger partial charge in [-0.25, -0.2) is 19.7 Å². The van der Waals surface area contributed by atoms with Crippen molar-refractivity contribution in [2.24, 2.45) is 0 Å². The highest BCUT2D eigenvalue weighted by Crippen LogP contribution is 2.28. The fourth-order valence-electron chi connectivity index (χ4n) is 5.00. The van der Waals surface area contributed by atoms with Crippen molar-refractivity contribution in [3.8, 4) is 0 Å². The molecule has 2 fully saturated rings. The zero-order valence-electron chi connectivity index (χ0n) is 22.7. The minimum Gasteiger partial charge on any atom is -0.444 e. The zero-order chi connectivity index (χ0) is 26.9. The monoisotopic (exact) mass is 539 g/mol. The van der Waals surface area contributed by atoms with Gasteiger partial charge in [0.15, 0.2) is 5.13 Å². The van der Waals surface area contributed by atoms with Crippen LogP contribution < -0.4 is 10.6 Å². The highest BCUT2D eigenvalue weighted by atomic mass is 32.1. The Morgan fingerprint density at radius 3 is 2.66 bits per heavy atom. The molecule has 3 unspecified atom stereocenters. The number of hydrogen-bond acceptors (Lipinski definition) is 10. The summed E-state index contributed by atoms with van der Waals surface area (Å²) in [4.78, 5) is 31.5. The second-order valence-corrected chi connectivity index (χ2v) is 12.2. The molecule has 2 aliphatic heterocycles. The molecule has 0 radical (unpaired) electrons. The van der Waals surface area contributed by atoms with Crippen molar-refractivity contribution in [2.45, 2.75) is 71.4 Å². The molecule has 0 aromatic carbocycles. The van der Waals surface area contributed by atoms with Crippen LogP contribution in [0.4, 0.5) is 21.6 Å². The molecule has 2 aliphatic rings. The van der Waals surface area contributed by atoms with Gasteiger partial charge in [-0.15, -0.1) is 0 Å². The molecule has 2 saturated heterocycles. The molecule has 3 aromatic heterocycles. The van der Waals surface area contributed by atoms with Crippen LogP contribution in [0.5, 0.6) is 0 Å². The van der Waals surface area contributed by atoms with E-state index in [1.807, 2.05) is 32.9 Å². The van der Waals surface area contributed by atoms with E-state index in [1.165, 1.54) is 11.3 Å². The summed E-state index contributed by atoms with van der Waals surface area (Å²) in [7, 11) is 0. The highest BCUT2D eigenvalue weighted by Gasteiger charge is 2.30. The lowest BCUT2D eigenvalue weighted by atomic mass is 10.1. The Hall–Kier alpha value is -3.02. The van der Waals surface area contributed by atoms with E-state index in [9.17, 15) is 4.79 Å². The smallest absolute Gasteiger partial charge is 0.410 e. The molecule has 11 heteroatoms. The van der Waals surface area contributed by atoms with Crippen molar-refractivity contribution in [1.29, 1.82) is 0 Å². The van der Waals surface area contributed by atoms with Crippen LogP contribution in [-0.4, -0.2) is 80.9 Å². The fraction of sp³-hybridized carbons (Fsp3) is 0.556. The van der Waals surface area contributed by atoms with Crippen LogP contribution in [0.2, 0.25) is 0 Å². The second-order valence-electron chi connectivity index (χ2n) is 11.2. The van der Waals surface area contributed by atoms with Gasteiger partial charge in [-0.1, -0.05) is 11.3 Å². The maximum atomic E-state index is 12.5. The number of carbonyl (C=O) groups excluding carboxylic acids is 1. The Balaban J connectivity index is 1.33. The van der Waals surface area contributed by atoms with Gasteiger partial charge in [-0.3, -0.25) is 4.90 Å². The van der Waals surface area contributed by atoms with E-state index in [2.05, 4.69) is 51.5 Å². The summed E-state index contributed by atoms with van der Waals surface area (Å²) in [5, 5.41) is 7.71. The third-order valence-electron chi connectivity index (χ3n) is 6.38. The van der Waals surface area contributed by atoms with Crippen molar-refractivity contribution < 1.29 is 14.3 Å². The maximum Gasteiger partial charge on any atom is 0.410 e. The van der Waals surface area contributed by atoms with Crippen molar-refractivity contribution in [2.75, 3.05) is 36.8 Å². The molecule has 38 heavy (non-hydrogen) atoms. The van der Waals surface area contributed by atoms with Gasteiger partial charge in [0.05, 0.1) is 12.2 Å². The molecule has 5 rings (SSSR count). The van der Waals surface area contributed by atoms with E-state index >= 15 is 0 Å². The topological polar surface area (TPSA) is 105 Å². The number of morpholine rings is 1. The number of thiazole rings is 1. The number of aromatic nitrogens is 3. The summed E-state index contributed by atoms with van der Waals surface area (Å²) in [6.07, 6.45) is 2.73. The summed E-state index contributed by atoms with van der Waals surface area (Å²) in [6, 6.07) is 8.12. The number of nitrogens with zero attached hydrogens (tertiary/aromatic N) is 5. The standard InChI is InChI=1S/C27H37N7O3S/c1-17-13-33(14-18(2)36-17)15-19-11-22(29-20-8-10-34(16-20)26(35)37-27(3,4)5)31-23(12-19)32-25-30-21-7-6-9-28-24(21)38-25/h6-7,9,11-12,17-18,20H,8,10,13-16H2,1-5H3,(H2,29,30,31,32). The predicted octanol–water partition coefficient (Wildman–Crippen LogP) is 4.86. The summed E-state index contributed by atoms with van der Waals surface area (Å²) in [5.74, 6) is 1.50. The molecule has 2 N–H and O–H groups in total. The Kier molecular flexibility index (Phi) is 7.69. The third-order valence-corrected chi connectivity index (χ3v) is 7.27. The first-order valence-electron chi connectivity index (χ1n) is 13.2. The molecular weight excluding hydrogens is 502 g/mol. The van der Waals surface area contributed by atoms with Crippen LogP contribution in [-0.2, 0) is 16.0 Å². The van der Waals surface area contributed by atoms with E-state index in [0.717, 1.165) is 58.7 Å². The summed E-state index contributed by atoms with van der Waals surface area (Å²) in [6.45, 7) is 13.7. The molecule has 3 aromatic rings. The second kappa shape index (κ2) is 11.0. The Morgan fingerprint density at radius 2 is 1.92 bits per heavy atom. The van der Waals surface area contributed by atoms with Crippen LogP contribution in [0.15, 0.2) is 30.5 Å². The average molecular weight is 540 g/mol. The normalized spacial score (nSPS) is 22.6. The van der Waals surface area contributed by atoms with Crippen molar-refractivity contribution in [1.82, 2.24) is 24.8 Å². The minimum atomic E-state index is -0.510. The lowest BCUT2D eigenvalue weighted by Crippen LogP contribution is -2.44. The van der Waals surface area contributed by atoms with Crippen LogP contribution in [0.1, 0.15) is 46.6 Å². The number of fused-ring (bicyclic) bond motifs is 1. The number of anilines is 3. The lowest BCUT2D eigenvalue weighted by molar-refractivity contribution is -0.0704. The number of hydrogen-bond donors (Lipinski definition) is 2. The summed E-state index contributed by atoms with van der Waals surface area (Å²) < 4.78 is 11.5. The van der Waals surface area contributed by atoms with E-state index < -0.39 is 5.60 Å². The van der Waals surface area contributed by atoms with Crippen molar-refractivity contribution in [3.05, 3.63) is 36.0 Å². The molecule has 0 aliphatic carbocycles. The van der Waals surface area contributed by atoms with Gasteiger partial charge in [0.25, 0.3) is 0 Å². The average Bonchev–Trinajstić information content (AvgIpc) is 3.43. The van der Waals surface area contributed by atoms with Gasteiger partial charge < -0.3 is 25.0 Å². The third kappa shape index (κ3) is 6.89. The van der Waals surface area contributed by atoms with Gasteiger partial charge in [0, 0.05) is 45.0 Å². The maximum absolute atomic E-state index is 12.5. The quantitative estimate of drug-likeness (QED) is 0.454. The van der Waals surface area contributed by atoms with Crippen LogP contribution in [0.3, 0.4) is 0 Å². The SMILES string of the molecule is CC1CN(Cc2cc(Nc3nc4cccnc4s3)nc(NC3CCN(C(=O)OC(C)(C)C)C3)c2)CC(C)O1. The molecule has 0 bridgehead atoms. The van der Waals surface area contributed by atoms with Crippen LogP contribution in [0.25, 0.3) is 10.3 Å². The largest absolute Gasteiger partial charge is 0.444 e. The lowest BCUT2D eigenvalue weighted by Gasteiger charge is -2.35. The molecular formula is C27H37N7O3S. The number of pyridine rings is 2. The number of rotatable bonds is 6. The fourth-order valence-corrected chi connectivity index (χ4v) is 5.82. The van der Waals surface area contributed by atoms with Gasteiger partial charge in [-0.2, -0.15) is 0 Å². The van der Waals surface area contributed by atoms with Crippen LogP contribution >= 0.6 is 11.3 Å². The Bertz CT molecular complexity index is 1230. The number of amides is 1. The van der Waals surface area contributed by atoms with Gasteiger partial charge in [0.1, 0.15) is 27.6 Å². The molecule has 5 heterocycles. The highest BCUT2D eigenvalue weighted by molar-refractivity contribution is 7.21. The first kappa shape index (κ1) is 26.6. The van der Waals surface area contributed by atoms with Crippen molar-refractivity contribution >= 4 is 44.5 Å². The molecule has 1 amide bonds. The van der Waals surface area contributed by atoms with Gasteiger partial charge >= 0.3 is 6.09 Å². The van der Waals surface area contributed by atoms with E-state index in [0.29, 0.717) is 13.1 Å². The van der Waals surface area contributed by atoms with Crippen LogP contribution in [0, 0.1) is 0 Å². The summed E-state index contributed by atoms with van der Waals surface area (Å²) >= 11 is 1.50. The van der Waals surface area contributed by atoms with E-state index in [-0.39, 0.29) is 24.3 Å². The first-order valence-corrected chi connectivity index (χ1v) is 14.0. The number of carbonyl (C=O) groups is 1. The Labute approximate surface area is 227 Å². The van der Waals surface area contributed by atoms with Crippen molar-refractivity contribution in [3.63, 3.8) is 0 Å². The summed E-state index contributed by atoms with van der Waals surface area (Å²) in [5.41, 5.74) is 1.50. The number of nitrogens with one attached hydrogen (secondary N) is 2. The minimum absolute atomic E-state index is 0.0909. The van der Waals surface area contributed by atoms with E-state index in [4.69, 9.17) is 14.5 Å². The predicted molar refractivity (Wildman–Crippen MR) is 150 cm³/mol. The van der Waals surface area contributed by atoms with E-state index in [1.54, 1.807) is 11.1 Å². The van der Waals surface area contributed by atoms with Gasteiger partial charge in [-0.05, 0) is 70.9 Å². The number of likely N-dealkylation sites (tertiary alicyclic amines) is 1. The van der Waals surface area contributed by atoms with Gasteiger partial charge in [0.2, 0.25) is 0 Å². The molecule has 0 spiro atoms. The molecule has 0 saturated carbocycles. The molecule has 204 valence electrons. The first-order chi connectivity index (χ1) is 18.1. The molecule has 3 atom stereocenters. The number of ether oxygens (including phenoxy) is 2. The zero-order valence-corrected chi connectivity index (χ0v) is 23.5.